The lowest BCUT2D eigenvalue weighted by Crippen LogP contribution is -2.17. The number of hydrogen-bond donors (Lipinski definition) is 0. The SMILES string of the molecule is Cc1sc2ncn(N=Cc3ccc(N(c4ccccc4)c4ccccc4)cc3)c(=O)c2c1C. The van der Waals surface area contributed by atoms with Gasteiger partial charge in [0.1, 0.15) is 11.2 Å². The summed E-state index contributed by atoms with van der Waals surface area (Å²) in [7, 11) is 0. The van der Waals surface area contributed by atoms with Gasteiger partial charge in [0.2, 0.25) is 0 Å². The van der Waals surface area contributed by atoms with Crippen LogP contribution < -0.4 is 10.5 Å². The van der Waals surface area contributed by atoms with Gasteiger partial charge in [-0.05, 0) is 61.4 Å². The van der Waals surface area contributed by atoms with E-state index in [4.69, 9.17) is 0 Å². The normalized spacial score (nSPS) is 11.3. The lowest BCUT2D eigenvalue weighted by atomic mass is 10.1. The maximum Gasteiger partial charge on any atom is 0.282 e. The molecule has 2 heterocycles. The van der Waals surface area contributed by atoms with E-state index in [1.165, 1.54) is 22.3 Å². The molecule has 0 N–H and O–H groups in total. The number of aromatic nitrogens is 2. The van der Waals surface area contributed by atoms with Crippen molar-refractivity contribution in [3.63, 3.8) is 0 Å². The second-order valence-corrected chi connectivity index (χ2v) is 8.90. The van der Waals surface area contributed by atoms with Crippen molar-refractivity contribution in [3.8, 4) is 0 Å². The first-order valence-electron chi connectivity index (χ1n) is 10.6. The number of hydrogen-bond acceptors (Lipinski definition) is 5. The van der Waals surface area contributed by atoms with Gasteiger partial charge < -0.3 is 4.90 Å². The van der Waals surface area contributed by atoms with Crippen LogP contribution in [0.1, 0.15) is 16.0 Å². The first kappa shape index (κ1) is 20.8. The molecule has 5 aromatic rings. The van der Waals surface area contributed by atoms with Gasteiger partial charge in [-0.1, -0.05) is 48.5 Å². The summed E-state index contributed by atoms with van der Waals surface area (Å²) in [5.74, 6) is 0. The van der Waals surface area contributed by atoms with Crippen LogP contribution in [0.25, 0.3) is 10.2 Å². The van der Waals surface area contributed by atoms with Crippen LogP contribution in [0.15, 0.2) is 101 Å². The molecule has 0 aliphatic carbocycles. The molecule has 0 aliphatic heterocycles. The maximum absolute atomic E-state index is 12.9. The molecule has 0 atom stereocenters. The molecule has 0 spiro atoms. The predicted molar refractivity (Wildman–Crippen MR) is 137 cm³/mol. The van der Waals surface area contributed by atoms with Crippen molar-refractivity contribution in [1.82, 2.24) is 9.66 Å². The number of para-hydroxylation sites is 2. The zero-order valence-electron chi connectivity index (χ0n) is 18.3. The van der Waals surface area contributed by atoms with Gasteiger partial charge in [-0.15, -0.1) is 11.3 Å². The summed E-state index contributed by atoms with van der Waals surface area (Å²) in [6.45, 7) is 3.96. The highest BCUT2D eigenvalue weighted by Gasteiger charge is 2.13. The fourth-order valence-corrected chi connectivity index (χ4v) is 4.74. The average molecular weight is 451 g/mol. The highest BCUT2D eigenvalue weighted by atomic mass is 32.1. The highest BCUT2D eigenvalue weighted by Crippen LogP contribution is 2.34. The Labute approximate surface area is 195 Å². The highest BCUT2D eigenvalue weighted by molar-refractivity contribution is 7.18. The topological polar surface area (TPSA) is 50.5 Å². The number of fused-ring (bicyclic) bond motifs is 1. The van der Waals surface area contributed by atoms with Crippen molar-refractivity contribution in [3.05, 3.63) is 118 Å². The molecule has 0 fully saturated rings. The molecule has 3 aromatic carbocycles. The molecule has 162 valence electrons. The average Bonchev–Trinajstić information content (AvgIpc) is 3.15. The van der Waals surface area contributed by atoms with Gasteiger partial charge in [0, 0.05) is 21.9 Å². The third-order valence-electron chi connectivity index (χ3n) is 5.58. The Bertz CT molecular complexity index is 1450. The zero-order valence-corrected chi connectivity index (χ0v) is 19.2. The van der Waals surface area contributed by atoms with Gasteiger partial charge >= 0.3 is 0 Å². The standard InChI is InChI=1S/C27H22N4OS/c1-19-20(2)33-26-25(19)27(32)30(18-28-26)29-17-21-13-15-24(16-14-21)31(22-9-5-3-6-10-22)23-11-7-4-8-12-23/h3-18H,1-2H3. The molecule has 33 heavy (non-hydrogen) atoms. The van der Waals surface area contributed by atoms with E-state index >= 15 is 0 Å². The lowest BCUT2D eigenvalue weighted by molar-refractivity contribution is 0.818. The number of thiophene rings is 1. The number of aryl methyl sites for hydroxylation is 2. The molecule has 2 aromatic heterocycles. The summed E-state index contributed by atoms with van der Waals surface area (Å²) in [5.41, 5.74) is 4.92. The molecule has 0 amide bonds. The maximum atomic E-state index is 12.9. The van der Waals surface area contributed by atoms with Crippen LogP contribution >= 0.6 is 11.3 Å². The first-order valence-corrected chi connectivity index (χ1v) is 11.5. The van der Waals surface area contributed by atoms with Crippen molar-refractivity contribution in [2.24, 2.45) is 5.10 Å². The Kier molecular flexibility index (Phi) is 5.59. The van der Waals surface area contributed by atoms with Gasteiger partial charge in [0.15, 0.2) is 0 Å². The molecular formula is C27H22N4OS. The minimum absolute atomic E-state index is 0.144. The van der Waals surface area contributed by atoms with Crippen molar-refractivity contribution < 1.29 is 0 Å². The lowest BCUT2D eigenvalue weighted by Gasteiger charge is -2.25. The van der Waals surface area contributed by atoms with E-state index < -0.39 is 0 Å². The summed E-state index contributed by atoms with van der Waals surface area (Å²) < 4.78 is 1.30. The summed E-state index contributed by atoms with van der Waals surface area (Å²) >= 11 is 1.54. The Morgan fingerprint density at radius 1 is 0.848 bits per heavy atom. The second kappa shape index (κ2) is 8.84. The molecule has 0 saturated carbocycles. The molecule has 0 bridgehead atoms. The number of benzene rings is 3. The monoisotopic (exact) mass is 450 g/mol. The Morgan fingerprint density at radius 3 is 2.03 bits per heavy atom. The van der Waals surface area contributed by atoms with Gasteiger partial charge in [-0.25, -0.2) is 4.98 Å². The Balaban J connectivity index is 1.46. The van der Waals surface area contributed by atoms with Crippen molar-refractivity contribution >= 4 is 44.8 Å². The third-order valence-corrected chi connectivity index (χ3v) is 6.70. The van der Waals surface area contributed by atoms with Gasteiger partial charge in [0.25, 0.3) is 5.56 Å². The summed E-state index contributed by atoms with van der Waals surface area (Å²) in [4.78, 5) is 21.3. The molecule has 5 rings (SSSR count). The minimum atomic E-state index is -0.144. The van der Waals surface area contributed by atoms with Crippen LogP contribution in [0, 0.1) is 13.8 Å². The van der Waals surface area contributed by atoms with E-state index in [9.17, 15) is 4.79 Å². The second-order valence-electron chi connectivity index (χ2n) is 7.70. The molecule has 0 aliphatic rings. The van der Waals surface area contributed by atoms with Crippen LogP contribution in [-0.4, -0.2) is 15.9 Å². The first-order chi connectivity index (χ1) is 16.1. The van der Waals surface area contributed by atoms with Gasteiger partial charge in [-0.3, -0.25) is 4.79 Å². The smallest absolute Gasteiger partial charge is 0.282 e. The van der Waals surface area contributed by atoms with Crippen molar-refractivity contribution in [2.45, 2.75) is 13.8 Å². The Morgan fingerprint density at radius 2 is 1.42 bits per heavy atom. The van der Waals surface area contributed by atoms with Crippen molar-refractivity contribution in [1.29, 1.82) is 0 Å². The predicted octanol–water partition coefficient (Wildman–Crippen LogP) is 6.43. The molecule has 0 unspecified atom stereocenters. The van der Waals surface area contributed by atoms with E-state index in [2.05, 4.69) is 51.4 Å². The van der Waals surface area contributed by atoms with E-state index in [0.29, 0.717) is 5.39 Å². The van der Waals surface area contributed by atoms with Crippen LogP contribution in [0.2, 0.25) is 0 Å². The molecule has 0 saturated heterocycles. The number of anilines is 3. The molecule has 0 radical (unpaired) electrons. The Hall–Kier alpha value is -4.03. The number of rotatable bonds is 5. The minimum Gasteiger partial charge on any atom is -0.311 e. The van der Waals surface area contributed by atoms with E-state index in [0.717, 1.165) is 37.9 Å². The quantitative estimate of drug-likeness (QED) is 0.290. The summed E-state index contributed by atoms with van der Waals surface area (Å²) in [6.07, 6.45) is 3.17. The molecule has 6 heteroatoms. The van der Waals surface area contributed by atoms with Gasteiger partial charge in [0.05, 0.1) is 11.6 Å². The van der Waals surface area contributed by atoms with Crippen LogP contribution in [0.3, 0.4) is 0 Å². The van der Waals surface area contributed by atoms with Crippen LogP contribution in [0.4, 0.5) is 17.1 Å². The summed E-state index contributed by atoms with van der Waals surface area (Å²) in [6, 6.07) is 28.6. The van der Waals surface area contributed by atoms with E-state index in [-0.39, 0.29) is 5.56 Å². The number of nitrogens with zero attached hydrogens (tertiary/aromatic N) is 4. The van der Waals surface area contributed by atoms with Crippen LogP contribution in [0.5, 0.6) is 0 Å². The molecular weight excluding hydrogens is 428 g/mol. The van der Waals surface area contributed by atoms with Gasteiger partial charge in [-0.2, -0.15) is 9.78 Å². The largest absolute Gasteiger partial charge is 0.311 e. The fraction of sp³-hybridized carbons (Fsp3) is 0.0741. The third kappa shape index (κ3) is 4.08. The fourth-order valence-electron chi connectivity index (χ4n) is 3.75. The zero-order chi connectivity index (χ0) is 22.8. The molecule has 5 nitrogen and oxygen atoms in total. The van der Waals surface area contributed by atoms with Crippen molar-refractivity contribution in [2.75, 3.05) is 4.90 Å². The van der Waals surface area contributed by atoms with Crippen LogP contribution in [-0.2, 0) is 0 Å². The summed E-state index contributed by atoms with van der Waals surface area (Å²) in [5, 5.41) is 5.02. The van der Waals surface area contributed by atoms with E-state index in [1.54, 1.807) is 6.21 Å². The van der Waals surface area contributed by atoms with E-state index in [1.807, 2.05) is 62.4 Å².